The molecule has 0 radical (unpaired) electrons. The number of anilines is 1. The molecule has 0 fully saturated rings. The lowest BCUT2D eigenvalue weighted by molar-refractivity contribution is 0.416. The van der Waals surface area contributed by atoms with Crippen molar-refractivity contribution in [3.8, 4) is 5.75 Å². The topological polar surface area (TPSA) is 49.9 Å². The van der Waals surface area contributed by atoms with E-state index in [-0.39, 0.29) is 0 Å². The van der Waals surface area contributed by atoms with E-state index in [9.17, 15) is 0 Å². The monoisotopic (exact) mass is 267 g/mol. The first-order valence-electron chi connectivity index (χ1n) is 6.57. The molecule has 4 heteroatoms. The standard InChI is InChI=1S/C16H17N3O/c1-11-5-6-15(20-2)14(8-11)18-9-12-10-19-16-13(12)4-3-7-17-16/h3-8,10,18H,9H2,1-2H3,(H,17,19). The second-order valence-corrected chi connectivity index (χ2v) is 4.77. The summed E-state index contributed by atoms with van der Waals surface area (Å²) in [6, 6.07) is 10.1. The largest absolute Gasteiger partial charge is 0.495 e. The molecule has 20 heavy (non-hydrogen) atoms. The van der Waals surface area contributed by atoms with Gasteiger partial charge in [-0.3, -0.25) is 0 Å². The summed E-state index contributed by atoms with van der Waals surface area (Å²) in [7, 11) is 1.69. The minimum Gasteiger partial charge on any atom is -0.495 e. The second kappa shape index (κ2) is 5.25. The summed E-state index contributed by atoms with van der Waals surface area (Å²) < 4.78 is 5.38. The highest BCUT2D eigenvalue weighted by Gasteiger charge is 2.06. The molecular formula is C16H17N3O. The van der Waals surface area contributed by atoms with Crippen molar-refractivity contribution in [3.63, 3.8) is 0 Å². The van der Waals surface area contributed by atoms with Gasteiger partial charge < -0.3 is 15.0 Å². The molecule has 2 N–H and O–H groups in total. The Bertz CT molecular complexity index is 733. The first kappa shape index (κ1) is 12.5. The van der Waals surface area contributed by atoms with E-state index in [1.165, 1.54) is 11.1 Å². The number of nitrogens with zero attached hydrogens (tertiary/aromatic N) is 1. The molecule has 3 aromatic rings. The molecule has 0 atom stereocenters. The van der Waals surface area contributed by atoms with Gasteiger partial charge in [-0.25, -0.2) is 4.98 Å². The van der Waals surface area contributed by atoms with E-state index in [0.29, 0.717) is 0 Å². The molecule has 0 aliphatic rings. The summed E-state index contributed by atoms with van der Waals surface area (Å²) in [6.07, 6.45) is 3.78. The number of hydrogen-bond acceptors (Lipinski definition) is 3. The number of aromatic nitrogens is 2. The van der Waals surface area contributed by atoms with E-state index in [1.807, 2.05) is 24.4 Å². The van der Waals surface area contributed by atoms with E-state index in [4.69, 9.17) is 4.74 Å². The highest BCUT2D eigenvalue weighted by molar-refractivity contribution is 5.79. The van der Waals surface area contributed by atoms with Crippen LogP contribution in [0.1, 0.15) is 11.1 Å². The molecule has 2 aromatic heterocycles. The molecule has 0 spiro atoms. The lowest BCUT2D eigenvalue weighted by Crippen LogP contribution is -2.01. The SMILES string of the molecule is COc1ccc(C)cc1NCc1c[nH]c2ncccc12. The minimum absolute atomic E-state index is 0.728. The van der Waals surface area contributed by atoms with Crippen LogP contribution in [0.5, 0.6) is 5.75 Å². The van der Waals surface area contributed by atoms with Crippen LogP contribution in [0.25, 0.3) is 11.0 Å². The minimum atomic E-state index is 0.728. The van der Waals surface area contributed by atoms with Crippen LogP contribution in [0.3, 0.4) is 0 Å². The van der Waals surface area contributed by atoms with Crippen LogP contribution in [-0.4, -0.2) is 17.1 Å². The fourth-order valence-corrected chi connectivity index (χ4v) is 2.31. The zero-order valence-corrected chi connectivity index (χ0v) is 11.6. The van der Waals surface area contributed by atoms with E-state index in [2.05, 4.69) is 34.3 Å². The third-order valence-electron chi connectivity index (χ3n) is 3.36. The van der Waals surface area contributed by atoms with Gasteiger partial charge in [0.15, 0.2) is 0 Å². The number of rotatable bonds is 4. The average molecular weight is 267 g/mol. The average Bonchev–Trinajstić information content (AvgIpc) is 2.88. The predicted octanol–water partition coefficient (Wildman–Crippen LogP) is 3.49. The Morgan fingerprint density at radius 2 is 2.20 bits per heavy atom. The number of pyridine rings is 1. The van der Waals surface area contributed by atoms with Crippen molar-refractivity contribution in [1.82, 2.24) is 9.97 Å². The fourth-order valence-electron chi connectivity index (χ4n) is 2.31. The van der Waals surface area contributed by atoms with Gasteiger partial charge in [0.2, 0.25) is 0 Å². The zero-order chi connectivity index (χ0) is 13.9. The molecule has 4 nitrogen and oxygen atoms in total. The number of aryl methyl sites for hydroxylation is 1. The van der Waals surface area contributed by atoms with Gasteiger partial charge in [-0.2, -0.15) is 0 Å². The number of benzene rings is 1. The number of methoxy groups -OCH3 is 1. The van der Waals surface area contributed by atoms with Crippen molar-refractivity contribution in [2.24, 2.45) is 0 Å². The maximum atomic E-state index is 5.38. The summed E-state index contributed by atoms with van der Waals surface area (Å²) in [6.45, 7) is 2.80. The molecule has 102 valence electrons. The number of aromatic amines is 1. The number of nitrogens with one attached hydrogen (secondary N) is 2. The molecular weight excluding hydrogens is 250 g/mol. The molecule has 0 aliphatic carbocycles. The van der Waals surface area contributed by atoms with E-state index in [1.54, 1.807) is 13.3 Å². The van der Waals surface area contributed by atoms with Crippen LogP contribution in [0.15, 0.2) is 42.7 Å². The molecule has 0 bridgehead atoms. The molecule has 0 saturated carbocycles. The van der Waals surface area contributed by atoms with Gasteiger partial charge >= 0.3 is 0 Å². The third-order valence-corrected chi connectivity index (χ3v) is 3.36. The van der Waals surface area contributed by atoms with Gasteiger partial charge in [-0.1, -0.05) is 6.07 Å². The zero-order valence-electron chi connectivity index (χ0n) is 11.6. The fraction of sp³-hybridized carbons (Fsp3) is 0.188. The Hall–Kier alpha value is -2.49. The number of H-pyrrole nitrogens is 1. The van der Waals surface area contributed by atoms with Gasteiger partial charge in [0.1, 0.15) is 11.4 Å². The number of ether oxygens (including phenoxy) is 1. The summed E-state index contributed by atoms with van der Waals surface area (Å²) >= 11 is 0. The Labute approximate surface area is 117 Å². The van der Waals surface area contributed by atoms with E-state index in [0.717, 1.165) is 29.0 Å². The van der Waals surface area contributed by atoms with Crippen molar-refractivity contribution in [2.45, 2.75) is 13.5 Å². The summed E-state index contributed by atoms with van der Waals surface area (Å²) in [5, 5.41) is 4.57. The first-order chi connectivity index (χ1) is 9.78. The van der Waals surface area contributed by atoms with Crippen LogP contribution in [-0.2, 0) is 6.54 Å². The number of fused-ring (bicyclic) bond motifs is 1. The molecule has 2 heterocycles. The summed E-state index contributed by atoms with van der Waals surface area (Å²) in [5.74, 6) is 0.855. The van der Waals surface area contributed by atoms with Crippen molar-refractivity contribution in [3.05, 3.63) is 53.9 Å². The third kappa shape index (κ3) is 2.32. The van der Waals surface area contributed by atoms with Crippen LogP contribution >= 0.6 is 0 Å². The lowest BCUT2D eigenvalue weighted by Gasteiger charge is -2.11. The summed E-state index contributed by atoms with van der Waals surface area (Å²) in [4.78, 5) is 7.48. The molecule has 1 aromatic carbocycles. The van der Waals surface area contributed by atoms with Gasteiger partial charge in [-0.05, 0) is 42.3 Å². The van der Waals surface area contributed by atoms with Gasteiger partial charge in [0, 0.05) is 24.3 Å². The normalized spacial score (nSPS) is 10.7. The van der Waals surface area contributed by atoms with E-state index < -0.39 is 0 Å². The first-order valence-corrected chi connectivity index (χ1v) is 6.57. The van der Waals surface area contributed by atoms with Gasteiger partial charge in [0.25, 0.3) is 0 Å². The highest BCUT2D eigenvalue weighted by atomic mass is 16.5. The highest BCUT2D eigenvalue weighted by Crippen LogP contribution is 2.26. The Morgan fingerprint density at radius 1 is 1.30 bits per heavy atom. The van der Waals surface area contributed by atoms with E-state index >= 15 is 0 Å². The Kier molecular flexibility index (Phi) is 3.29. The van der Waals surface area contributed by atoms with Crippen molar-refractivity contribution < 1.29 is 4.74 Å². The Balaban J connectivity index is 1.84. The van der Waals surface area contributed by atoms with Crippen molar-refractivity contribution in [1.29, 1.82) is 0 Å². The molecule has 3 rings (SSSR count). The predicted molar refractivity (Wildman–Crippen MR) is 81.2 cm³/mol. The maximum absolute atomic E-state index is 5.38. The van der Waals surface area contributed by atoms with Crippen LogP contribution in [0.4, 0.5) is 5.69 Å². The summed E-state index contributed by atoms with van der Waals surface area (Å²) in [5.41, 5.74) is 4.32. The molecule has 0 aliphatic heterocycles. The smallest absolute Gasteiger partial charge is 0.141 e. The lowest BCUT2D eigenvalue weighted by atomic mass is 10.2. The van der Waals surface area contributed by atoms with Crippen molar-refractivity contribution in [2.75, 3.05) is 12.4 Å². The van der Waals surface area contributed by atoms with Crippen LogP contribution in [0.2, 0.25) is 0 Å². The van der Waals surface area contributed by atoms with Crippen LogP contribution in [0, 0.1) is 6.92 Å². The Morgan fingerprint density at radius 3 is 3.05 bits per heavy atom. The van der Waals surface area contributed by atoms with Gasteiger partial charge in [0.05, 0.1) is 12.8 Å². The quantitative estimate of drug-likeness (QED) is 0.760. The molecule has 0 amide bonds. The van der Waals surface area contributed by atoms with Gasteiger partial charge in [-0.15, -0.1) is 0 Å². The maximum Gasteiger partial charge on any atom is 0.141 e. The molecule has 0 saturated heterocycles. The second-order valence-electron chi connectivity index (χ2n) is 4.77. The van der Waals surface area contributed by atoms with Crippen molar-refractivity contribution >= 4 is 16.7 Å². The molecule has 0 unspecified atom stereocenters. The van der Waals surface area contributed by atoms with Crippen LogP contribution < -0.4 is 10.1 Å². The number of hydrogen-bond donors (Lipinski definition) is 2.